The standard InChI is InChI=1S/C17H27ClN2O4S/c1-6-20(16(21)24-17(2,3)4)11-10-19-12-13-14(18)8-7-9-15(13)25(5,22)23/h7-9,19H,6,10-12H2,1-5H3. The summed E-state index contributed by atoms with van der Waals surface area (Å²) in [4.78, 5) is 13.9. The highest BCUT2D eigenvalue weighted by Gasteiger charge is 2.21. The lowest BCUT2D eigenvalue weighted by Gasteiger charge is -2.26. The fraction of sp³-hybridized carbons (Fsp3) is 0.588. The zero-order valence-electron chi connectivity index (χ0n) is 15.4. The fourth-order valence-electron chi connectivity index (χ4n) is 2.19. The molecule has 0 aliphatic carbocycles. The Morgan fingerprint density at radius 1 is 1.32 bits per heavy atom. The van der Waals surface area contributed by atoms with Gasteiger partial charge in [-0.05, 0) is 39.8 Å². The van der Waals surface area contributed by atoms with E-state index in [1.165, 1.54) is 6.07 Å². The lowest BCUT2D eigenvalue weighted by molar-refractivity contribution is 0.0262. The number of hydrogen-bond donors (Lipinski definition) is 1. The van der Waals surface area contributed by atoms with Crippen molar-refractivity contribution in [3.63, 3.8) is 0 Å². The number of nitrogens with one attached hydrogen (secondary N) is 1. The van der Waals surface area contributed by atoms with E-state index in [9.17, 15) is 13.2 Å². The van der Waals surface area contributed by atoms with Crippen LogP contribution in [0.2, 0.25) is 5.02 Å². The SMILES string of the molecule is CCN(CCNCc1c(Cl)cccc1S(C)(=O)=O)C(=O)OC(C)(C)C. The average molecular weight is 391 g/mol. The number of amides is 1. The maximum absolute atomic E-state index is 12.1. The van der Waals surface area contributed by atoms with Crippen LogP contribution in [-0.4, -0.2) is 50.9 Å². The first-order chi connectivity index (χ1) is 11.5. The van der Waals surface area contributed by atoms with Crippen LogP contribution < -0.4 is 5.32 Å². The quantitative estimate of drug-likeness (QED) is 0.724. The number of halogens is 1. The Balaban J connectivity index is 2.65. The molecule has 1 rings (SSSR count). The zero-order chi connectivity index (χ0) is 19.3. The second-order valence-corrected chi connectivity index (χ2v) is 9.12. The van der Waals surface area contributed by atoms with Gasteiger partial charge < -0.3 is 15.0 Å². The molecule has 0 atom stereocenters. The van der Waals surface area contributed by atoms with Gasteiger partial charge in [0.05, 0.1) is 4.90 Å². The summed E-state index contributed by atoms with van der Waals surface area (Å²) in [6.45, 7) is 9.10. The normalized spacial score (nSPS) is 12.1. The molecule has 0 bridgehead atoms. The molecule has 1 aromatic carbocycles. The molecule has 0 heterocycles. The Morgan fingerprint density at radius 3 is 2.48 bits per heavy atom. The van der Waals surface area contributed by atoms with Gasteiger partial charge in [0.1, 0.15) is 5.60 Å². The Hall–Kier alpha value is -1.31. The first-order valence-corrected chi connectivity index (χ1v) is 10.4. The predicted octanol–water partition coefficient (Wildman–Crippen LogP) is 3.09. The molecule has 142 valence electrons. The van der Waals surface area contributed by atoms with Crippen LogP contribution in [0.25, 0.3) is 0 Å². The second-order valence-electron chi connectivity index (χ2n) is 6.73. The highest BCUT2D eigenvalue weighted by molar-refractivity contribution is 7.90. The van der Waals surface area contributed by atoms with Gasteiger partial charge in [0.25, 0.3) is 0 Å². The lowest BCUT2D eigenvalue weighted by atomic mass is 10.2. The number of hydrogen-bond acceptors (Lipinski definition) is 5. The molecule has 25 heavy (non-hydrogen) atoms. The molecule has 0 aliphatic heterocycles. The Labute approximate surface area is 155 Å². The molecule has 0 saturated carbocycles. The smallest absolute Gasteiger partial charge is 0.410 e. The van der Waals surface area contributed by atoms with Crippen LogP contribution in [-0.2, 0) is 21.1 Å². The van der Waals surface area contributed by atoms with Gasteiger partial charge in [-0.1, -0.05) is 17.7 Å². The summed E-state index contributed by atoms with van der Waals surface area (Å²) >= 11 is 6.14. The van der Waals surface area contributed by atoms with Crippen molar-refractivity contribution in [2.75, 3.05) is 25.9 Å². The van der Waals surface area contributed by atoms with E-state index in [4.69, 9.17) is 16.3 Å². The third-order valence-electron chi connectivity index (χ3n) is 3.37. The van der Waals surface area contributed by atoms with Crippen LogP contribution in [0.5, 0.6) is 0 Å². The van der Waals surface area contributed by atoms with Crippen molar-refractivity contribution in [3.05, 3.63) is 28.8 Å². The summed E-state index contributed by atoms with van der Waals surface area (Å²) < 4.78 is 29.1. The molecule has 0 saturated heterocycles. The van der Waals surface area contributed by atoms with Crippen LogP contribution >= 0.6 is 11.6 Å². The monoisotopic (exact) mass is 390 g/mol. The van der Waals surface area contributed by atoms with Gasteiger partial charge in [-0.15, -0.1) is 0 Å². The van der Waals surface area contributed by atoms with Gasteiger partial charge in [-0.2, -0.15) is 0 Å². The number of rotatable bonds is 7. The molecular formula is C17H27ClN2O4S. The number of sulfone groups is 1. The predicted molar refractivity (Wildman–Crippen MR) is 99.7 cm³/mol. The topological polar surface area (TPSA) is 75.7 Å². The van der Waals surface area contributed by atoms with E-state index < -0.39 is 15.4 Å². The van der Waals surface area contributed by atoms with Crippen molar-refractivity contribution < 1.29 is 17.9 Å². The Bertz CT molecular complexity index is 699. The largest absolute Gasteiger partial charge is 0.444 e. The van der Waals surface area contributed by atoms with Crippen LogP contribution in [0, 0.1) is 0 Å². The molecule has 1 amide bonds. The minimum Gasteiger partial charge on any atom is -0.444 e. The minimum absolute atomic E-state index is 0.215. The molecule has 0 aromatic heterocycles. The molecule has 0 spiro atoms. The number of carbonyl (C=O) groups is 1. The van der Waals surface area contributed by atoms with Crippen molar-refractivity contribution >= 4 is 27.5 Å². The first-order valence-electron chi connectivity index (χ1n) is 8.11. The second kappa shape index (κ2) is 8.87. The van der Waals surface area contributed by atoms with Gasteiger partial charge in [0.2, 0.25) is 0 Å². The van der Waals surface area contributed by atoms with Gasteiger partial charge >= 0.3 is 6.09 Å². The molecular weight excluding hydrogens is 364 g/mol. The fourth-order valence-corrected chi connectivity index (χ4v) is 3.44. The number of likely N-dealkylation sites (N-methyl/N-ethyl adjacent to an activating group) is 1. The van der Waals surface area contributed by atoms with Gasteiger partial charge in [0.15, 0.2) is 9.84 Å². The van der Waals surface area contributed by atoms with Crippen molar-refractivity contribution in [1.29, 1.82) is 0 Å². The van der Waals surface area contributed by atoms with Crippen molar-refractivity contribution in [2.24, 2.45) is 0 Å². The maximum Gasteiger partial charge on any atom is 0.410 e. The molecule has 0 unspecified atom stereocenters. The summed E-state index contributed by atoms with van der Waals surface area (Å²) in [6, 6.07) is 4.81. The average Bonchev–Trinajstić information content (AvgIpc) is 2.45. The van der Waals surface area contributed by atoms with E-state index >= 15 is 0 Å². The Morgan fingerprint density at radius 2 is 1.96 bits per heavy atom. The van der Waals surface area contributed by atoms with Crippen molar-refractivity contribution in [3.8, 4) is 0 Å². The van der Waals surface area contributed by atoms with E-state index in [-0.39, 0.29) is 11.0 Å². The summed E-state index contributed by atoms with van der Waals surface area (Å²) in [5, 5.41) is 3.54. The van der Waals surface area contributed by atoms with Gasteiger partial charge in [-0.3, -0.25) is 0 Å². The highest BCUT2D eigenvalue weighted by atomic mass is 35.5. The summed E-state index contributed by atoms with van der Waals surface area (Å²) in [5.41, 5.74) is -0.00754. The van der Waals surface area contributed by atoms with Crippen LogP contribution in [0.4, 0.5) is 4.79 Å². The summed E-state index contributed by atoms with van der Waals surface area (Å²) in [6.07, 6.45) is 0.787. The van der Waals surface area contributed by atoms with Crippen LogP contribution in [0.15, 0.2) is 23.1 Å². The summed E-state index contributed by atoms with van der Waals surface area (Å²) in [5.74, 6) is 0. The first kappa shape index (κ1) is 21.7. The highest BCUT2D eigenvalue weighted by Crippen LogP contribution is 2.23. The van der Waals surface area contributed by atoms with Crippen LogP contribution in [0.3, 0.4) is 0 Å². The zero-order valence-corrected chi connectivity index (χ0v) is 17.0. The number of nitrogens with zero attached hydrogens (tertiary/aromatic N) is 1. The minimum atomic E-state index is -3.36. The van der Waals surface area contributed by atoms with E-state index in [1.807, 2.05) is 27.7 Å². The van der Waals surface area contributed by atoms with Crippen LogP contribution in [0.1, 0.15) is 33.3 Å². The summed E-state index contributed by atoms with van der Waals surface area (Å²) in [7, 11) is -3.36. The third kappa shape index (κ3) is 7.22. The number of benzene rings is 1. The maximum atomic E-state index is 12.1. The molecule has 1 N–H and O–H groups in total. The van der Waals surface area contributed by atoms with Gasteiger partial charge in [0, 0.05) is 43.0 Å². The number of carbonyl (C=O) groups excluding carboxylic acids is 1. The van der Waals surface area contributed by atoms with Gasteiger partial charge in [-0.25, -0.2) is 13.2 Å². The van der Waals surface area contributed by atoms with E-state index in [1.54, 1.807) is 17.0 Å². The Kier molecular flexibility index (Phi) is 7.71. The molecule has 0 fully saturated rings. The molecule has 0 aliphatic rings. The van der Waals surface area contributed by atoms with E-state index in [0.717, 1.165) is 6.26 Å². The number of ether oxygens (including phenoxy) is 1. The third-order valence-corrected chi connectivity index (χ3v) is 4.90. The van der Waals surface area contributed by atoms with E-state index in [2.05, 4.69) is 5.32 Å². The van der Waals surface area contributed by atoms with Crippen molar-refractivity contribution in [2.45, 2.75) is 44.7 Å². The molecule has 1 aromatic rings. The van der Waals surface area contributed by atoms with Crippen molar-refractivity contribution in [1.82, 2.24) is 10.2 Å². The molecule has 6 nitrogen and oxygen atoms in total. The molecule has 8 heteroatoms. The lowest BCUT2D eigenvalue weighted by Crippen LogP contribution is -2.40. The molecule has 0 radical (unpaired) electrons. The van der Waals surface area contributed by atoms with E-state index in [0.29, 0.717) is 36.8 Å².